The van der Waals surface area contributed by atoms with E-state index in [-0.39, 0.29) is 0 Å². The van der Waals surface area contributed by atoms with Crippen molar-refractivity contribution in [3.63, 3.8) is 0 Å². The maximum Gasteiger partial charge on any atom is 0.0967 e. The molecule has 1 aromatic heterocycles. The summed E-state index contributed by atoms with van der Waals surface area (Å²) >= 11 is 0. The van der Waals surface area contributed by atoms with Gasteiger partial charge in [0.05, 0.1) is 5.69 Å². The van der Waals surface area contributed by atoms with Gasteiger partial charge in [-0.2, -0.15) is 0 Å². The Labute approximate surface area is 113 Å². The highest BCUT2D eigenvalue weighted by molar-refractivity contribution is 5.20. The number of nitrogens with one attached hydrogen (secondary N) is 1. The van der Waals surface area contributed by atoms with Gasteiger partial charge in [-0.1, -0.05) is 35.5 Å². The molecule has 100 valence electrons. The summed E-state index contributed by atoms with van der Waals surface area (Å²) in [5.41, 5.74) is 2.39. The maximum atomic E-state index is 4.19. The lowest BCUT2D eigenvalue weighted by molar-refractivity contribution is 0.152. The molecular weight excluding hydrogens is 238 g/mol. The summed E-state index contributed by atoms with van der Waals surface area (Å²) in [6, 6.07) is 11.1. The van der Waals surface area contributed by atoms with E-state index in [2.05, 4.69) is 50.9 Å². The van der Waals surface area contributed by atoms with Crippen LogP contribution in [0.1, 0.15) is 17.3 Å². The second-order valence-corrected chi connectivity index (χ2v) is 4.98. The molecule has 1 unspecified atom stereocenters. The van der Waals surface area contributed by atoms with Gasteiger partial charge in [-0.3, -0.25) is 9.58 Å². The molecule has 0 radical (unpaired) electrons. The third-order valence-electron chi connectivity index (χ3n) is 3.55. The van der Waals surface area contributed by atoms with E-state index in [4.69, 9.17) is 0 Å². The summed E-state index contributed by atoms with van der Waals surface area (Å²) in [5.74, 6) is 0. The molecule has 19 heavy (non-hydrogen) atoms. The van der Waals surface area contributed by atoms with Crippen LogP contribution in [0.25, 0.3) is 0 Å². The first-order chi connectivity index (χ1) is 9.33. The van der Waals surface area contributed by atoms with Crippen molar-refractivity contribution >= 4 is 0 Å². The lowest BCUT2D eigenvalue weighted by Crippen LogP contribution is -2.45. The molecule has 1 aliphatic heterocycles. The molecule has 2 heterocycles. The highest BCUT2D eigenvalue weighted by Crippen LogP contribution is 2.23. The Kier molecular flexibility index (Phi) is 3.57. The maximum absolute atomic E-state index is 4.19. The summed E-state index contributed by atoms with van der Waals surface area (Å²) in [7, 11) is 1.91. The van der Waals surface area contributed by atoms with Crippen LogP contribution >= 0.6 is 0 Å². The monoisotopic (exact) mass is 257 g/mol. The van der Waals surface area contributed by atoms with Gasteiger partial charge in [-0.15, -0.1) is 5.10 Å². The predicted octanol–water partition coefficient (Wildman–Crippen LogP) is 0.962. The Balaban J connectivity index is 1.77. The molecule has 2 aromatic rings. The highest BCUT2D eigenvalue weighted by atomic mass is 15.4. The van der Waals surface area contributed by atoms with E-state index >= 15 is 0 Å². The number of hydrogen-bond acceptors (Lipinski definition) is 4. The molecule has 1 atom stereocenters. The first-order valence-electron chi connectivity index (χ1n) is 6.68. The number of piperazine rings is 1. The van der Waals surface area contributed by atoms with E-state index in [9.17, 15) is 0 Å². The molecule has 0 aliphatic carbocycles. The number of aromatic nitrogens is 3. The van der Waals surface area contributed by atoms with Gasteiger partial charge >= 0.3 is 0 Å². The minimum Gasteiger partial charge on any atom is -0.314 e. The molecule has 1 saturated heterocycles. The van der Waals surface area contributed by atoms with Crippen LogP contribution in [0.3, 0.4) is 0 Å². The van der Waals surface area contributed by atoms with Crippen LogP contribution < -0.4 is 5.32 Å². The average Bonchev–Trinajstić information content (AvgIpc) is 2.86. The molecule has 0 saturated carbocycles. The molecule has 5 nitrogen and oxygen atoms in total. The smallest absolute Gasteiger partial charge is 0.0967 e. The van der Waals surface area contributed by atoms with E-state index < -0.39 is 0 Å². The number of nitrogens with zero attached hydrogens (tertiary/aromatic N) is 4. The molecule has 0 amide bonds. The SMILES string of the molecule is Cn1cc(CN2CCNCC2c2ccccc2)nn1. The molecule has 0 bridgehead atoms. The Morgan fingerprint density at radius 2 is 2.16 bits per heavy atom. The van der Waals surface area contributed by atoms with Crippen molar-refractivity contribution in [2.75, 3.05) is 19.6 Å². The van der Waals surface area contributed by atoms with Crippen molar-refractivity contribution < 1.29 is 0 Å². The van der Waals surface area contributed by atoms with E-state index in [1.165, 1.54) is 5.56 Å². The van der Waals surface area contributed by atoms with Gasteiger partial charge in [-0.25, -0.2) is 0 Å². The summed E-state index contributed by atoms with van der Waals surface area (Å²) in [5, 5.41) is 11.7. The van der Waals surface area contributed by atoms with Crippen LogP contribution in [0.5, 0.6) is 0 Å². The van der Waals surface area contributed by atoms with Crippen LogP contribution in [0.15, 0.2) is 36.5 Å². The standard InChI is InChI=1S/C14H19N5/c1-18-10-13(16-17-18)11-19-8-7-15-9-14(19)12-5-3-2-4-6-12/h2-6,10,14-15H,7-9,11H2,1H3. The van der Waals surface area contributed by atoms with Crippen molar-refractivity contribution in [2.24, 2.45) is 7.05 Å². The Hall–Kier alpha value is -1.72. The van der Waals surface area contributed by atoms with Crippen molar-refractivity contribution in [3.8, 4) is 0 Å². The summed E-state index contributed by atoms with van der Waals surface area (Å²) in [6.45, 7) is 3.92. The van der Waals surface area contributed by atoms with Crippen molar-refractivity contribution in [2.45, 2.75) is 12.6 Å². The zero-order valence-electron chi connectivity index (χ0n) is 11.2. The van der Waals surface area contributed by atoms with Crippen molar-refractivity contribution in [1.29, 1.82) is 0 Å². The van der Waals surface area contributed by atoms with Crippen molar-refractivity contribution in [3.05, 3.63) is 47.8 Å². The third kappa shape index (κ3) is 2.83. The lowest BCUT2D eigenvalue weighted by atomic mass is 10.0. The van der Waals surface area contributed by atoms with Crippen molar-refractivity contribution in [1.82, 2.24) is 25.2 Å². The summed E-state index contributed by atoms with van der Waals surface area (Å²) < 4.78 is 1.76. The van der Waals surface area contributed by atoms with E-state index in [0.717, 1.165) is 31.9 Å². The normalized spacial score (nSPS) is 20.6. The molecule has 1 fully saturated rings. The second kappa shape index (κ2) is 5.50. The van der Waals surface area contributed by atoms with Gasteiger partial charge in [0, 0.05) is 45.5 Å². The van der Waals surface area contributed by atoms with Gasteiger partial charge in [-0.05, 0) is 5.56 Å². The van der Waals surface area contributed by atoms with Gasteiger partial charge in [0.25, 0.3) is 0 Å². The first kappa shape index (κ1) is 12.3. The zero-order valence-corrected chi connectivity index (χ0v) is 11.2. The summed E-state index contributed by atoms with van der Waals surface area (Å²) in [4.78, 5) is 2.47. The van der Waals surface area contributed by atoms with Crippen LogP contribution in [0, 0.1) is 0 Å². The third-order valence-corrected chi connectivity index (χ3v) is 3.55. The Bertz CT molecular complexity index is 522. The van der Waals surface area contributed by atoms with Gasteiger partial charge in [0.1, 0.15) is 0 Å². The lowest BCUT2D eigenvalue weighted by Gasteiger charge is -2.36. The molecule has 0 spiro atoms. The number of hydrogen-bond donors (Lipinski definition) is 1. The van der Waals surface area contributed by atoms with Crippen LogP contribution in [-0.2, 0) is 13.6 Å². The quantitative estimate of drug-likeness (QED) is 0.889. The number of rotatable bonds is 3. The van der Waals surface area contributed by atoms with Gasteiger partial charge < -0.3 is 5.32 Å². The number of aryl methyl sites for hydroxylation is 1. The van der Waals surface area contributed by atoms with E-state index in [1.54, 1.807) is 4.68 Å². The van der Waals surface area contributed by atoms with E-state index in [1.807, 2.05) is 13.2 Å². The predicted molar refractivity (Wildman–Crippen MR) is 73.5 cm³/mol. The largest absolute Gasteiger partial charge is 0.314 e. The minimum atomic E-state index is 0.414. The second-order valence-electron chi connectivity index (χ2n) is 4.98. The summed E-state index contributed by atoms with van der Waals surface area (Å²) in [6.07, 6.45) is 1.99. The highest BCUT2D eigenvalue weighted by Gasteiger charge is 2.24. The number of benzene rings is 1. The Morgan fingerprint density at radius 3 is 2.89 bits per heavy atom. The van der Waals surface area contributed by atoms with Crippen LogP contribution in [0.4, 0.5) is 0 Å². The fourth-order valence-corrected chi connectivity index (χ4v) is 2.62. The first-order valence-corrected chi connectivity index (χ1v) is 6.68. The molecule has 1 aliphatic rings. The molecule has 1 aromatic carbocycles. The van der Waals surface area contributed by atoms with Crippen LogP contribution in [-0.4, -0.2) is 39.5 Å². The van der Waals surface area contributed by atoms with Gasteiger partial charge in [0.2, 0.25) is 0 Å². The fraction of sp³-hybridized carbons (Fsp3) is 0.429. The Morgan fingerprint density at radius 1 is 1.32 bits per heavy atom. The van der Waals surface area contributed by atoms with Gasteiger partial charge in [0.15, 0.2) is 0 Å². The zero-order chi connectivity index (χ0) is 13.1. The molecule has 1 N–H and O–H groups in total. The van der Waals surface area contributed by atoms with E-state index in [0.29, 0.717) is 6.04 Å². The topological polar surface area (TPSA) is 46.0 Å². The average molecular weight is 257 g/mol. The molecule has 5 heteroatoms. The molecule has 3 rings (SSSR count). The fourth-order valence-electron chi connectivity index (χ4n) is 2.62. The minimum absolute atomic E-state index is 0.414. The van der Waals surface area contributed by atoms with Crippen LogP contribution in [0.2, 0.25) is 0 Å². The molecular formula is C14H19N5.